The molecule has 1 aromatic carbocycles. The van der Waals surface area contributed by atoms with Crippen molar-refractivity contribution in [3.05, 3.63) is 58.3 Å². The number of hydrogen-bond acceptors (Lipinski definition) is 5. The molecule has 2 saturated heterocycles. The zero-order chi connectivity index (χ0) is 19.4. The van der Waals surface area contributed by atoms with Crippen LogP contribution in [0.2, 0.25) is 0 Å². The van der Waals surface area contributed by atoms with Crippen LogP contribution in [0.25, 0.3) is 0 Å². The van der Waals surface area contributed by atoms with Gasteiger partial charge in [0.05, 0.1) is 5.41 Å². The summed E-state index contributed by atoms with van der Waals surface area (Å²) in [5.41, 5.74) is 0.650. The fourth-order valence-electron chi connectivity index (χ4n) is 4.35. The summed E-state index contributed by atoms with van der Waals surface area (Å²) in [5.74, 6) is 0.237. The molecule has 2 aliphatic rings. The third kappa shape index (κ3) is 4.01. The number of ether oxygens (including phenoxy) is 1. The summed E-state index contributed by atoms with van der Waals surface area (Å²) >= 11 is 1.59. The monoisotopic (exact) mass is 400 g/mol. The maximum absolute atomic E-state index is 13.6. The number of amides is 1. The molecule has 0 bridgehead atoms. The van der Waals surface area contributed by atoms with E-state index in [1.807, 2.05) is 40.6 Å². The van der Waals surface area contributed by atoms with Gasteiger partial charge in [0.25, 0.3) is 0 Å². The van der Waals surface area contributed by atoms with Gasteiger partial charge in [0.2, 0.25) is 5.91 Å². The molecule has 1 aromatic heterocycles. The average molecular weight is 401 g/mol. The first kappa shape index (κ1) is 19.6. The van der Waals surface area contributed by atoms with E-state index in [1.165, 1.54) is 0 Å². The van der Waals surface area contributed by atoms with Crippen LogP contribution >= 0.6 is 11.3 Å². The second kappa shape index (κ2) is 8.74. The highest BCUT2D eigenvalue weighted by atomic mass is 32.1. The number of aliphatic hydroxyl groups is 1. The predicted molar refractivity (Wildman–Crippen MR) is 110 cm³/mol. The molecule has 4 rings (SSSR count). The van der Waals surface area contributed by atoms with Crippen molar-refractivity contribution in [2.24, 2.45) is 0 Å². The molecular weight excluding hydrogens is 372 g/mol. The van der Waals surface area contributed by atoms with Gasteiger partial charge in [-0.2, -0.15) is 0 Å². The number of thiophene rings is 1. The lowest BCUT2D eigenvalue weighted by Crippen LogP contribution is -2.56. The summed E-state index contributed by atoms with van der Waals surface area (Å²) < 4.78 is 5.57. The first-order chi connectivity index (χ1) is 13.7. The molecule has 0 saturated carbocycles. The number of hydrogen-bond donors (Lipinski definition) is 1. The van der Waals surface area contributed by atoms with Gasteiger partial charge in [-0.1, -0.05) is 36.4 Å². The van der Waals surface area contributed by atoms with Crippen molar-refractivity contribution in [3.63, 3.8) is 0 Å². The van der Waals surface area contributed by atoms with Crippen molar-refractivity contribution in [3.8, 4) is 0 Å². The van der Waals surface area contributed by atoms with Gasteiger partial charge in [-0.15, -0.1) is 11.3 Å². The van der Waals surface area contributed by atoms with Gasteiger partial charge in [0.1, 0.15) is 6.10 Å². The number of rotatable bonds is 5. The molecule has 0 radical (unpaired) electrons. The van der Waals surface area contributed by atoms with Crippen molar-refractivity contribution in [1.29, 1.82) is 0 Å². The van der Waals surface area contributed by atoms with E-state index < -0.39 is 11.5 Å². The first-order valence-corrected chi connectivity index (χ1v) is 10.9. The smallest absolute Gasteiger partial charge is 0.233 e. The minimum absolute atomic E-state index is 0.237. The van der Waals surface area contributed by atoms with E-state index in [2.05, 4.69) is 17.0 Å². The Kier molecular flexibility index (Phi) is 6.11. The van der Waals surface area contributed by atoms with Crippen LogP contribution in [0, 0.1) is 0 Å². The Balaban J connectivity index is 1.41. The van der Waals surface area contributed by atoms with Crippen molar-refractivity contribution in [2.45, 2.75) is 24.4 Å². The molecule has 2 aliphatic heterocycles. The van der Waals surface area contributed by atoms with Crippen LogP contribution in [0.5, 0.6) is 0 Å². The SMILES string of the molecule is O=C(N1CCN(CC(O)c2cccs2)CC1)C1(c2ccccc2)CCOCC1. The number of aliphatic hydroxyl groups excluding tert-OH is 1. The van der Waals surface area contributed by atoms with Crippen LogP contribution in [0.3, 0.4) is 0 Å². The van der Waals surface area contributed by atoms with Crippen LogP contribution in [-0.2, 0) is 14.9 Å². The Labute approximate surface area is 170 Å². The summed E-state index contributed by atoms with van der Waals surface area (Å²) in [6.07, 6.45) is 1.04. The zero-order valence-corrected chi connectivity index (χ0v) is 16.9. The van der Waals surface area contributed by atoms with Gasteiger partial charge < -0.3 is 14.7 Å². The Morgan fingerprint density at radius 3 is 2.43 bits per heavy atom. The van der Waals surface area contributed by atoms with Gasteiger partial charge in [0.15, 0.2) is 0 Å². The van der Waals surface area contributed by atoms with Gasteiger partial charge >= 0.3 is 0 Å². The Hall–Kier alpha value is -1.73. The summed E-state index contributed by atoms with van der Waals surface area (Å²) in [6, 6.07) is 14.1. The number of nitrogens with zero attached hydrogens (tertiary/aromatic N) is 2. The number of carbonyl (C=O) groups excluding carboxylic acids is 1. The number of benzene rings is 1. The first-order valence-electron chi connectivity index (χ1n) is 10.1. The maximum atomic E-state index is 13.6. The molecule has 1 atom stereocenters. The lowest BCUT2D eigenvalue weighted by atomic mass is 9.73. The van der Waals surface area contributed by atoms with Crippen LogP contribution in [-0.4, -0.2) is 66.8 Å². The molecule has 5 nitrogen and oxygen atoms in total. The van der Waals surface area contributed by atoms with E-state index >= 15 is 0 Å². The molecule has 0 aliphatic carbocycles. The average Bonchev–Trinajstić information content (AvgIpc) is 3.30. The van der Waals surface area contributed by atoms with Crippen molar-refractivity contribution >= 4 is 17.2 Å². The van der Waals surface area contributed by atoms with E-state index in [1.54, 1.807) is 11.3 Å². The summed E-state index contributed by atoms with van der Waals surface area (Å²) in [4.78, 5) is 18.9. The van der Waals surface area contributed by atoms with Crippen molar-refractivity contribution < 1.29 is 14.6 Å². The highest BCUT2D eigenvalue weighted by Crippen LogP contribution is 2.37. The Bertz CT molecular complexity index is 751. The molecule has 1 N–H and O–H groups in total. The largest absolute Gasteiger partial charge is 0.386 e. The third-order valence-electron chi connectivity index (χ3n) is 6.04. The quantitative estimate of drug-likeness (QED) is 0.838. The van der Waals surface area contributed by atoms with Crippen molar-refractivity contribution in [1.82, 2.24) is 9.80 Å². The van der Waals surface area contributed by atoms with E-state index in [4.69, 9.17) is 4.74 Å². The molecule has 0 spiro atoms. The summed E-state index contributed by atoms with van der Waals surface area (Å²) in [5, 5.41) is 12.4. The van der Waals surface area contributed by atoms with E-state index in [0.29, 0.717) is 32.8 Å². The predicted octanol–water partition coefficient (Wildman–Crippen LogP) is 2.67. The Morgan fingerprint density at radius 1 is 1.07 bits per heavy atom. The van der Waals surface area contributed by atoms with Crippen LogP contribution in [0.1, 0.15) is 29.4 Å². The maximum Gasteiger partial charge on any atom is 0.233 e. The highest BCUT2D eigenvalue weighted by molar-refractivity contribution is 7.10. The minimum Gasteiger partial charge on any atom is -0.386 e. The normalized spacial score (nSPS) is 21.4. The summed E-state index contributed by atoms with van der Waals surface area (Å²) in [7, 11) is 0. The second-order valence-corrected chi connectivity index (χ2v) is 8.66. The molecule has 150 valence electrons. The topological polar surface area (TPSA) is 53.0 Å². The number of β-amino-alcohol motifs (C(OH)–C–C–N with tert-alkyl or cyclic N) is 1. The fraction of sp³-hybridized carbons (Fsp3) is 0.500. The zero-order valence-electron chi connectivity index (χ0n) is 16.1. The van der Waals surface area contributed by atoms with Gasteiger partial charge in [0, 0.05) is 50.8 Å². The van der Waals surface area contributed by atoms with Gasteiger partial charge in [-0.05, 0) is 29.9 Å². The molecule has 2 fully saturated rings. The molecule has 2 aromatic rings. The van der Waals surface area contributed by atoms with E-state index in [-0.39, 0.29) is 5.91 Å². The highest BCUT2D eigenvalue weighted by Gasteiger charge is 2.44. The summed E-state index contributed by atoms with van der Waals surface area (Å²) in [6.45, 7) is 4.92. The molecule has 1 unspecified atom stereocenters. The minimum atomic E-state index is -0.460. The van der Waals surface area contributed by atoms with E-state index in [0.717, 1.165) is 36.4 Å². The lowest BCUT2D eigenvalue weighted by Gasteiger charge is -2.43. The lowest BCUT2D eigenvalue weighted by molar-refractivity contribution is -0.143. The van der Waals surface area contributed by atoms with E-state index in [9.17, 15) is 9.90 Å². The van der Waals surface area contributed by atoms with Crippen LogP contribution < -0.4 is 0 Å². The number of piperazine rings is 1. The van der Waals surface area contributed by atoms with Crippen molar-refractivity contribution in [2.75, 3.05) is 45.9 Å². The van der Waals surface area contributed by atoms with Crippen LogP contribution in [0.15, 0.2) is 47.8 Å². The van der Waals surface area contributed by atoms with Gasteiger partial charge in [-0.25, -0.2) is 0 Å². The third-order valence-corrected chi connectivity index (χ3v) is 7.02. The van der Waals surface area contributed by atoms with Gasteiger partial charge in [-0.3, -0.25) is 9.69 Å². The van der Waals surface area contributed by atoms with Crippen LogP contribution in [0.4, 0.5) is 0 Å². The molecule has 6 heteroatoms. The molecule has 3 heterocycles. The standard InChI is InChI=1S/C22H28N2O3S/c25-19(20-7-4-16-28-20)17-23-10-12-24(13-11-23)21(26)22(8-14-27-15-9-22)18-5-2-1-3-6-18/h1-7,16,19,25H,8-15,17H2. The fourth-order valence-corrected chi connectivity index (χ4v) is 5.06. The number of carbonyl (C=O) groups is 1. The molecular formula is C22H28N2O3S. The molecule has 1 amide bonds. The second-order valence-electron chi connectivity index (χ2n) is 7.68. The Morgan fingerprint density at radius 2 is 1.79 bits per heavy atom. The molecule has 28 heavy (non-hydrogen) atoms.